The molecule has 2 aliphatic heterocycles. The summed E-state index contributed by atoms with van der Waals surface area (Å²) in [5, 5.41) is 18.3. The number of nitrogens with one attached hydrogen (secondary N) is 1. The molecule has 0 saturated carbocycles. The highest BCUT2D eigenvalue weighted by Crippen LogP contribution is 2.24. The summed E-state index contributed by atoms with van der Waals surface area (Å²) in [7, 11) is 0. The molecule has 0 spiro atoms. The molecule has 1 amide bonds. The van der Waals surface area contributed by atoms with E-state index in [0.29, 0.717) is 18.8 Å². The van der Waals surface area contributed by atoms with E-state index in [4.69, 9.17) is 0 Å². The van der Waals surface area contributed by atoms with Gasteiger partial charge in [-0.25, -0.2) is 0 Å². The summed E-state index contributed by atoms with van der Waals surface area (Å²) >= 11 is 0. The van der Waals surface area contributed by atoms with Gasteiger partial charge in [0.1, 0.15) is 0 Å². The Balaban J connectivity index is 1.53. The average molecular weight is 314 g/mol. The van der Waals surface area contributed by atoms with Crippen LogP contribution in [0.1, 0.15) is 29.8 Å². The van der Waals surface area contributed by atoms with E-state index in [1.165, 1.54) is 19.3 Å². The predicted octanol–water partition coefficient (Wildman–Crippen LogP) is 1.23. The van der Waals surface area contributed by atoms with Gasteiger partial charge < -0.3 is 10.0 Å². The number of carbonyl (C=O) groups excluding carboxylic acids is 1. The summed E-state index contributed by atoms with van der Waals surface area (Å²) in [4.78, 5) is 16.9. The zero-order chi connectivity index (χ0) is 15.8. The molecule has 2 atom stereocenters. The second kappa shape index (κ2) is 5.94. The predicted molar refractivity (Wildman–Crippen MR) is 87.2 cm³/mol. The van der Waals surface area contributed by atoms with Crippen LogP contribution in [0.3, 0.4) is 0 Å². The van der Waals surface area contributed by atoms with Gasteiger partial charge in [0, 0.05) is 18.5 Å². The number of amides is 1. The number of H-pyrrole nitrogens is 1. The quantitative estimate of drug-likeness (QED) is 0.874. The van der Waals surface area contributed by atoms with Crippen LogP contribution in [-0.2, 0) is 0 Å². The molecule has 0 aliphatic carbocycles. The monoisotopic (exact) mass is 314 g/mol. The van der Waals surface area contributed by atoms with Crippen LogP contribution >= 0.6 is 0 Å². The lowest BCUT2D eigenvalue weighted by atomic mass is 10.1. The van der Waals surface area contributed by atoms with Gasteiger partial charge in [-0.2, -0.15) is 5.10 Å². The van der Waals surface area contributed by atoms with Crippen LogP contribution in [0.5, 0.6) is 0 Å². The molecule has 2 fully saturated rings. The van der Waals surface area contributed by atoms with E-state index >= 15 is 0 Å². The maximum absolute atomic E-state index is 12.8. The number of aliphatic hydroxyl groups is 1. The molecule has 0 bridgehead atoms. The standard InChI is InChI=1S/C17H22N4O2/c22-15-11-21(10-14(15)20-8-4-1-5-9-20)17(23)16-12-6-2-3-7-13(12)18-19-16/h2-3,6-7,14-15,22H,1,4-5,8-11H2,(H,18,19)/t14-,15-/m1/s1. The van der Waals surface area contributed by atoms with E-state index in [-0.39, 0.29) is 11.9 Å². The molecule has 4 rings (SSSR count). The maximum atomic E-state index is 12.8. The SMILES string of the molecule is O=C(c1n[nH]c2ccccc12)N1C[C@@H](O)[C@H](N2CCCCC2)C1. The summed E-state index contributed by atoms with van der Waals surface area (Å²) in [6, 6.07) is 7.70. The number of hydrogen-bond donors (Lipinski definition) is 2. The zero-order valence-electron chi connectivity index (χ0n) is 13.1. The fourth-order valence-electron chi connectivity index (χ4n) is 3.82. The summed E-state index contributed by atoms with van der Waals surface area (Å²) in [5.74, 6) is -0.0963. The Morgan fingerprint density at radius 3 is 2.78 bits per heavy atom. The van der Waals surface area contributed by atoms with Gasteiger partial charge in [0.15, 0.2) is 5.69 Å². The highest BCUT2D eigenvalue weighted by Gasteiger charge is 2.38. The van der Waals surface area contributed by atoms with Crippen molar-refractivity contribution in [3.8, 4) is 0 Å². The minimum absolute atomic E-state index is 0.0597. The lowest BCUT2D eigenvalue weighted by molar-refractivity contribution is 0.0702. The lowest BCUT2D eigenvalue weighted by Gasteiger charge is -2.33. The Morgan fingerprint density at radius 1 is 1.17 bits per heavy atom. The van der Waals surface area contributed by atoms with Gasteiger partial charge in [-0.15, -0.1) is 0 Å². The first-order valence-electron chi connectivity index (χ1n) is 8.38. The van der Waals surface area contributed by atoms with Crippen molar-refractivity contribution in [3.05, 3.63) is 30.0 Å². The van der Waals surface area contributed by atoms with Crippen LogP contribution < -0.4 is 0 Å². The number of hydrogen-bond acceptors (Lipinski definition) is 4. The third kappa shape index (κ3) is 2.62. The highest BCUT2D eigenvalue weighted by atomic mass is 16.3. The van der Waals surface area contributed by atoms with Gasteiger partial charge >= 0.3 is 0 Å². The third-order valence-electron chi connectivity index (χ3n) is 5.08. The molecule has 1 aromatic carbocycles. The van der Waals surface area contributed by atoms with Gasteiger partial charge in [-0.1, -0.05) is 24.6 Å². The van der Waals surface area contributed by atoms with Crippen molar-refractivity contribution in [3.63, 3.8) is 0 Å². The molecule has 0 radical (unpaired) electrons. The van der Waals surface area contributed by atoms with Gasteiger partial charge in [0.2, 0.25) is 0 Å². The number of β-amino-alcohol motifs (C(OH)–C–C–N with tert-alkyl or cyclic N) is 1. The fraction of sp³-hybridized carbons (Fsp3) is 0.529. The first-order chi connectivity index (χ1) is 11.2. The minimum atomic E-state index is -0.470. The van der Waals surface area contributed by atoms with E-state index in [9.17, 15) is 9.90 Å². The van der Waals surface area contributed by atoms with Crippen LogP contribution in [0.2, 0.25) is 0 Å². The largest absolute Gasteiger partial charge is 0.390 e. The molecular formula is C17H22N4O2. The van der Waals surface area contributed by atoms with Crippen LogP contribution in [0, 0.1) is 0 Å². The molecule has 2 aromatic rings. The van der Waals surface area contributed by atoms with E-state index in [0.717, 1.165) is 24.0 Å². The van der Waals surface area contributed by atoms with Crippen LogP contribution in [-0.4, -0.2) is 69.3 Å². The van der Waals surface area contributed by atoms with E-state index in [1.807, 2.05) is 24.3 Å². The number of aromatic amines is 1. The number of carbonyl (C=O) groups is 1. The minimum Gasteiger partial charge on any atom is -0.390 e. The molecule has 122 valence electrons. The van der Waals surface area contributed by atoms with Crippen molar-refractivity contribution in [1.29, 1.82) is 0 Å². The topological polar surface area (TPSA) is 72.5 Å². The highest BCUT2D eigenvalue weighted by molar-refractivity contribution is 6.04. The van der Waals surface area contributed by atoms with Crippen molar-refractivity contribution < 1.29 is 9.90 Å². The molecule has 2 saturated heterocycles. The van der Waals surface area contributed by atoms with E-state index in [2.05, 4.69) is 15.1 Å². The maximum Gasteiger partial charge on any atom is 0.275 e. The second-order valence-electron chi connectivity index (χ2n) is 6.56. The molecule has 0 unspecified atom stereocenters. The fourth-order valence-corrected chi connectivity index (χ4v) is 3.82. The molecule has 6 nitrogen and oxygen atoms in total. The third-order valence-corrected chi connectivity index (χ3v) is 5.08. The Hall–Kier alpha value is -1.92. The molecule has 3 heterocycles. The van der Waals surface area contributed by atoms with Crippen LogP contribution in [0.25, 0.3) is 10.9 Å². The normalized spacial score (nSPS) is 26.0. The molecule has 2 N–H and O–H groups in total. The Morgan fingerprint density at radius 2 is 1.96 bits per heavy atom. The average Bonchev–Trinajstić information content (AvgIpc) is 3.19. The van der Waals surface area contributed by atoms with Crippen molar-refractivity contribution in [1.82, 2.24) is 20.0 Å². The van der Waals surface area contributed by atoms with Crippen molar-refractivity contribution in [2.75, 3.05) is 26.2 Å². The second-order valence-corrected chi connectivity index (χ2v) is 6.56. The number of fused-ring (bicyclic) bond motifs is 1. The van der Waals surface area contributed by atoms with Crippen LogP contribution in [0.15, 0.2) is 24.3 Å². The zero-order valence-corrected chi connectivity index (χ0v) is 13.1. The number of aromatic nitrogens is 2. The molecule has 2 aliphatic rings. The lowest BCUT2D eigenvalue weighted by Crippen LogP contribution is -2.46. The molecule has 23 heavy (non-hydrogen) atoms. The van der Waals surface area contributed by atoms with E-state index < -0.39 is 6.10 Å². The van der Waals surface area contributed by atoms with Gasteiger partial charge in [0.25, 0.3) is 5.91 Å². The smallest absolute Gasteiger partial charge is 0.275 e. The van der Waals surface area contributed by atoms with Gasteiger partial charge in [0.05, 0.1) is 17.7 Å². The molecule has 6 heteroatoms. The Kier molecular flexibility index (Phi) is 3.79. The van der Waals surface area contributed by atoms with Crippen molar-refractivity contribution >= 4 is 16.8 Å². The number of piperidine rings is 1. The Labute approximate surface area is 135 Å². The van der Waals surface area contributed by atoms with E-state index in [1.54, 1.807) is 4.90 Å². The number of aliphatic hydroxyl groups excluding tert-OH is 1. The summed E-state index contributed by atoms with van der Waals surface area (Å²) in [6.07, 6.45) is 3.16. The number of nitrogens with zero attached hydrogens (tertiary/aromatic N) is 3. The van der Waals surface area contributed by atoms with Crippen molar-refractivity contribution in [2.24, 2.45) is 0 Å². The summed E-state index contributed by atoms with van der Waals surface area (Å²) in [6.45, 7) is 3.02. The van der Waals surface area contributed by atoms with Crippen molar-refractivity contribution in [2.45, 2.75) is 31.4 Å². The summed E-state index contributed by atoms with van der Waals surface area (Å²) < 4.78 is 0. The number of rotatable bonds is 2. The number of para-hydroxylation sites is 1. The Bertz CT molecular complexity index is 707. The number of benzene rings is 1. The van der Waals surface area contributed by atoms with Crippen LogP contribution in [0.4, 0.5) is 0 Å². The first kappa shape index (κ1) is 14.7. The van der Waals surface area contributed by atoms with Gasteiger partial charge in [-0.3, -0.25) is 14.8 Å². The first-order valence-corrected chi connectivity index (χ1v) is 8.38. The number of likely N-dealkylation sites (tertiary alicyclic amines) is 2. The summed E-state index contributed by atoms with van der Waals surface area (Å²) in [5.41, 5.74) is 1.32. The van der Waals surface area contributed by atoms with Gasteiger partial charge in [-0.05, 0) is 32.0 Å². The molecular weight excluding hydrogens is 292 g/mol. The molecule has 1 aromatic heterocycles.